The van der Waals surface area contributed by atoms with E-state index in [-0.39, 0.29) is 19.6 Å². The second kappa shape index (κ2) is 12.9. The predicted molar refractivity (Wildman–Crippen MR) is 140 cm³/mol. The third-order valence-electron chi connectivity index (χ3n) is 7.83. The van der Waals surface area contributed by atoms with Crippen molar-refractivity contribution in [3.05, 3.63) is 11.3 Å². The van der Waals surface area contributed by atoms with Crippen LogP contribution in [0.2, 0.25) is 0 Å². The van der Waals surface area contributed by atoms with Crippen molar-refractivity contribution in [1.82, 2.24) is 9.80 Å². The molecule has 1 N–H and O–H groups in total. The Labute approximate surface area is 261 Å². The number of esters is 1. The van der Waals surface area contributed by atoms with Crippen LogP contribution in [-0.2, 0) is 23.8 Å². The zero-order chi connectivity index (χ0) is 36.0. The topological polar surface area (TPSA) is 101 Å². The minimum absolute atomic E-state index is 0.0452. The first kappa shape index (κ1) is 38.7. The fourth-order valence-corrected chi connectivity index (χ4v) is 5.32. The van der Waals surface area contributed by atoms with E-state index in [1.165, 1.54) is 27.7 Å². The van der Waals surface area contributed by atoms with Gasteiger partial charge in [-0.2, -0.15) is 48.3 Å². The summed E-state index contributed by atoms with van der Waals surface area (Å²) in [6.07, 6.45) is -11.6. The van der Waals surface area contributed by atoms with Gasteiger partial charge >= 0.3 is 35.8 Å². The van der Waals surface area contributed by atoms with Gasteiger partial charge in [0.2, 0.25) is 5.54 Å². The molecule has 2 fully saturated rings. The van der Waals surface area contributed by atoms with Crippen LogP contribution in [0.5, 0.6) is 0 Å². The lowest BCUT2D eigenvalue weighted by atomic mass is 9.91. The highest BCUT2D eigenvalue weighted by Crippen LogP contribution is 2.58. The van der Waals surface area contributed by atoms with Crippen LogP contribution >= 0.6 is 0 Å². The van der Waals surface area contributed by atoms with E-state index in [0.717, 1.165) is 0 Å². The molecule has 270 valence electrons. The summed E-state index contributed by atoms with van der Waals surface area (Å²) in [5.74, 6) is -33.4. The highest BCUT2D eigenvalue weighted by Gasteiger charge is 2.87. The fourth-order valence-electron chi connectivity index (χ4n) is 5.32. The Balaban J connectivity index is 2.14. The largest absolute Gasteiger partial charge is 0.508 e. The zero-order valence-corrected chi connectivity index (χ0v) is 25.6. The highest BCUT2D eigenvalue weighted by atomic mass is 19.4. The number of rotatable bonds is 12. The van der Waals surface area contributed by atoms with Gasteiger partial charge in [0.1, 0.15) is 17.6 Å². The molecular weight excluding hydrogens is 671 g/mol. The van der Waals surface area contributed by atoms with Crippen molar-refractivity contribution in [2.45, 2.75) is 82.2 Å². The number of carbonyl (C=O) groups is 2. The van der Waals surface area contributed by atoms with Gasteiger partial charge in [-0.1, -0.05) is 20.8 Å². The quantitative estimate of drug-likeness (QED) is 0.132. The van der Waals surface area contributed by atoms with Crippen LogP contribution in [0.4, 0.5) is 48.3 Å². The molecule has 0 aromatic rings. The average Bonchev–Trinajstić information content (AvgIpc) is 3.46. The smallest absolute Gasteiger partial charge is 0.460 e. The van der Waals surface area contributed by atoms with Crippen molar-refractivity contribution in [3.8, 4) is 0 Å². The van der Waals surface area contributed by atoms with Crippen molar-refractivity contribution in [2.75, 3.05) is 52.6 Å². The molecule has 0 aromatic heterocycles. The molecule has 9 nitrogen and oxygen atoms in total. The van der Waals surface area contributed by atoms with Crippen LogP contribution in [-0.4, -0.2) is 127 Å². The Morgan fingerprint density at radius 3 is 2.06 bits per heavy atom. The number of carbonyl (C=O) groups excluding carboxylic acids is 2. The number of ether oxygens (including phenoxy) is 3. The number of halogens is 11. The Morgan fingerprint density at radius 2 is 1.55 bits per heavy atom. The summed E-state index contributed by atoms with van der Waals surface area (Å²) in [4.78, 5) is 33.0. The highest BCUT2D eigenvalue weighted by molar-refractivity contribution is 6.26. The summed E-state index contributed by atoms with van der Waals surface area (Å²) in [7, 11) is 0. The molecule has 0 unspecified atom stereocenters. The van der Waals surface area contributed by atoms with E-state index in [0.29, 0.717) is 31.2 Å². The molecule has 3 aliphatic heterocycles. The van der Waals surface area contributed by atoms with Gasteiger partial charge in [0, 0.05) is 31.6 Å². The molecule has 0 aromatic carbocycles. The number of fused-ring (bicyclic) bond motifs is 1. The van der Waals surface area contributed by atoms with E-state index >= 15 is 8.78 Å². The molecule has 3 rings (SSSR count). The van der Waals surface area contributed by atoms with Gasteiger partial charge in [-0.15, -0.1) is 0 Å². The zero-order valence-electron chi connectivity index (χ0n) is 25.6. The van der Waals surface area contributed by atoms with E-state index in [1.54, 1.807) is 0 Å². The average molecular weight is 706 g/mol. The lowest BCUT2D eigenvalue weighted by Gasteiger charge is -2.37. The van der Waals surface area contributed by atoms with Gasteiger partial charge in [-0.05, 0) is 13.3 Å². The number of amides is 1. The fraction of sp³-hybridized carbons (Fsp3) is 0.815. The molecule has 0 aliphatic carbocycles. The molecular formula is C27H34F11N3O6. The molecule has 47 heavy (non-hydrogen) atoms. The number of morpholine rings is 1. The first-order chi connectivity index (χ1) is 21.3. The summed E-state index contributed by atoms with van der Waals surface area (Å²) in [6, 6.07) is 0. The van der Waals surface area contributed by atoms with Crippen LogP contribution in [0, 0.1) is 5.41 Å². The lowest BCUT2D eigenvalue weighted by molar-refractivity contribution is -0.421. The van der Waals surface area contributed by atoms with Gasteiger partial charge in [-0.25, -0.2) is 4.79 Å². The third-order valence-corrected chi connectivity index (χ3v) is 7.83. The summed E-state index contributed by atoms with van der Waals surface area (Å²) in [6.45, 7) is 5.77. The van der Waals surface area contributed by atoms with E-state index in [9.17, 15) is 54.2 Å². The van der Waals surface area contributed by atoms with Gasteiger partial charge in [-0.3, -0.25) is 19.6 Å². The van der Waals surface area contributed by atoms with Gasteiger partial charge in [0.25, 0.3) is 5.91 Å². The minimum atomic E-state index is -7.70. The number of hydrogen-bond donors (Lipinski definition) is 1. The number of aliphatic imine (C=N–C) groups is 1. The number of aliphatic hydroxyl groups excluding tert-OH is 1. The first-order valence-electron chi connectivity index (χ1n) is 14.3. The molecule has 0 saturated carbocycles. The molecule has 0 radical (unpaired) electrons. The maximum absolute atomic E-state index is 15.1. The van der Waals surface area contributed by atoms with E-state index in [2.05, 4.69) is 4.99 Å². The van der Waals surface area contributed by atoms with E-state index in [4.69, 9.17) is 14.2 Å². The van der Waals surface area contributed by atoms with Crippen molar-refractivity contribution in [2.24, 2.45) is 10.4 Å². The summed E-state index contributed by atoms with van der Waals surface area (Å²) in [5, 5.41) is 11.3. The monoisotopic (exact) mass is 705 g/mol. The number of hydrogen-bond acceptors (Lipinski definition) is 8. The van der Waals surface area contributed by atoms with Crippen molar-refractivity contribution < 1.29 is 77.2 Å². The van der Waals surface area contributed by atoms with Gasteiger partial charge < -0.3 is 19.3 Å². The van der Waals surface area contributed by atoms with Gasteiger partial charge in [0.05, 0.1) is 38.6 Å². The van der Waals surface area contributed by atoms with Crippen LogP contribution in [0.3, 0.4) is 0 Å². The molecule has 0 bridgehead atoms. The lowest BCUT2D eigenvalue weighted by Crippen LogP contribution is -2.66. The van der Waals surface area contributed by atoms with Gasteiger partial charge in [0.15, 0.2) is 0 Å². The van der Waals surface area contributed by atoms with Crippen molar-refractivity contribution in [3.63, 3.8) is 0 Å². The SMILES string of the molecule is CCOC(=O)[C@@]12CO[C@H](C(C)(C)C)N1C(=O)C(C(CC(F)(F)C(F)(F)C(F)(F)C(F)(F)C(F)(F)F)=NCCCN1CCOCC1)=C2O. The van der Waals surface area contributed by atoms with Crippen LogP contribution in [0.15, 0.2) is 16.3 Å². The number of aliphatic hydroxyl groups is 1. The van der Waals surface area contributed by atoms with E-state index in [1.807, 2.05) is 4.90 Å². The molecule has 3 aliphatic rings. The number of nitrogens with zero attached hydrogens (tertiary/aromatic N) is 3. The summed E-state index contributed by atoms with van der Waals surface area (Å²) >= 11 is 0. The van der Waals surface area contributed by atoms with Crippen molar-refractivity contribution in [1.29, 1.82) is 0 Å². The molecule has 20 heteroatoms. The second-order valence-electron chi connectivity index (χ2n) is 12.2. The Morgan fingerprint density at radius 1 is 0.979 bits per heavy atom. The Bertz CT molecular complexity index is 1260. The number of alkyl halides is 11. The normalized spacial score (nSPS) is 24.3. The minimum Gasteiger partial charge on any atom is -0.508 e. The predicted octanol–water partition coefficient (Wildman–Crippen LogP) is 5.00. The molecule has 0 spiro atoms. The molecule has 1 amide bonds. The molecule has 3 heterocycles. The van der Waals surface area contributed by atoms with Crippen LogP contribution in [0.25, 0.3) is 0 Å². The molecule has 2 saturated heterocycles. The third kappa shape index (κ3) is 6.52. The van der Waals surface area contributed by atoms with Crippen molar-refractivity contribution >= 4 is 17.6 Å². The maximum Gasteiger partial charge on any atom is 0.460 e. The standard InChI is InChI=1S/C27H34F11N3O6/c1-5-46-20(44)22-14-47-19(21(2,3)4)41(22)18(43)16(17(22)42)15(39-7-6-8-40-9-11-45-12-10-40)13-23(28,29)24(30,31)25(32,33)26(34,35)27(36,37)38/h19,42H,5-14H2,1-4H3/t19-,22+/m1/s1. The van der Waals surface area contributed by atoms with Crippen LogP contribution < -0.4 is 0 Å². The Hall–Kier alpha value is -2.74. The molecule has 2 atom stereocenters. The summed E-state index contributed by atoms with van der Waals surface area (Å²) in [5.41, 5.74) is -6.54. The van der Waals surface area contributed by atoms with E-state index < -0.39 is 95.5 Å². The van der Waals surface area contributed by atoms with Crippen LogP contribution in [0.1, 0.15) is 40.5 Å². The second-order valence-corrected chi connectivity index (χ2v) is 12.2. The Kier molecular flexibility index (Phi) is 10.7. The summed E-state index contributed by atoms with van der Waals surface area (Å²) < 4.78 is 168. The first-order valence-corrected chi connectivity index (χ1v) is 14.3. The maximum atomic E-state index is 15.1.